The van der Waals surface area contributed by atoms with E-state index < -0.39 is 0 Å². The van der Waals surface area contributed by atoms with Gasteiger partial charge in [0, 0.05) is 31.7 Å². The standard InChI is InChI=1S/C16H26N4O2/c21-16(17-10-14-7-9-22-12-14)19-15-6-8-18-20(15)11-13-4-2-1-3-5-13/h6,8,13-14H,1-5,7,9-12H2,(H2,17,19,21)/t14-/m0/s1. The number of carbonyl (C=O) groups excluding carboxylic acids is 1. The second-order valence-corrected chi connectivity index (χ2v) is 6.47. The van der Waals surface area contributed by atoms with Gasteiger partial charge in [-0.3, -0.25) is 5.32 Å². The summed E-state index contributed by atoms with van der Waals surface area (Å²) in [5.41, 5.74) is 0. The van der Waals surface area contributed by atoms with Crippen LogP contribution in [-0.4, -0.2) is 35.6 Å². The molecule has 0 radical (unpaired) electrons. The molecule has 2 N–H and O–H groups in total. The van der Waals surface area contributed by atoms with Crippen LogP contribution in [0.1, 0.15) is 38.5 Å². The predicted octanol–water partition coefficient (Wildman–Crippen LogP) is 2.62. The van der Waals surface area contributed by atoms with Crippen LogP contribution in [0.3, 0.4) is 0 Å². The van der Waals surface area contributed by atoms with Gasteiger partial charge in [-0.25, -0.2) is 9.48 Å². The van der Waals surface area contributed by atoms with E-state index in [1.54, 1.807) is 6.20 Å². The number of amides is 2. The van der Waals surface area contributed by atoms with E-state index in [1.807, 2.05) is 10.7 Å². The third-order valence-electron chi connectivity index (χ3n) is 4.69. The molecule has 1 aromatic heterocycles. The van der Waals surface area contributed by atoms with Crippen molar-refractivity contribution in [1.29, 1.82) is 0 Å². The highest BCUT2D eigenvalue weighted by Gasteiger charge is 2.18. The number of rotatable bonds is 5. The summed E-state index contributed by atoms with van der Waals surface area (Å²) in [7, 11) is 0. The lowest BCUT2D eigenvalue weighted by Gasteiger charge is -2.22. The molecule has 0 bridgehead atoms. The van der Waals surface area contributed by atoms with Gasteiger partial charge in [-0.2, -0.15) is 5.10 Å². The Kier molecular flexibility index (Phi) is 5.32. The number of hydrogen-bond acceptors (Lipinski definition) is 3. The topological polar surface area (TPSA) is 68.2 Å². The van der Waals surface area contributed by atoms with Crippen molar-refractivity contribution in [2.24, 2.45) is 11.8 Å². The van der Waals surface area contributed by atoms with E-state index in [9.17, 15) is 4.79 Å². The van der Waals surface area contributed by atoms with Crippen LogP contribution in [-0.2, 0) is 11.3 Å². The van der Waals surface area contributed by atoms with Crippen molar-refractivity contribution < 1.29 is 9.53 Å². The lowest BCUT2D eigenvalue weighted by atomic mass is 9.89. The Bertz CT molecular complexity index is 476. The summed E-state index contributed by atoms with van der Waals surface area (Å²) in [4.78, 5) is 12.0. The first-order valence-corrected chi connectivity index (χ1v) is 8.45. The zero-order valence-electron chi connectivity index (χ0n) is 13.1. The molecule has 2 aliphatic rings. The SMILES string of the molecule is O=C(NC[C@@H]1CCOC1)Nc1ccnn1CC1CCCCC1. The van der Waals surface area contributed by atoms with Crippen LogP contribution in [0.15, 0.2) is 12.3 Å². The van der Waals surface area contributed by atoms with E-state index in [4.69, 9.17) is 4.74 Å². The highest BCUT2D eigenvalue weighted by Crippen LogP contribution is 2.25. The minimum atomic E-state index is -0.155. The molecule has 122 valence electrons. The molecule has 3 rings (SSSR count). The molecular weight excluding hydrogens is 280 g/mol. The van der Waals surface area contributed by atoms with Gasteiger partial charge in [0.2, 0.25) is 0 Å². The quantitative estimate of drug-likeness (QED) is 0.878. The molecule has 1 saturated heterocycles. The molecule has 1 aliphatic carbocycles. The van der Waals surface area contributed by atoms with Crippen molar-refractivity contribution in [3.63, 3.8) is 0 Å². The van der Waals surface area contributed by atoms with Gasteiger partial charge in [0.05, 0.1) is 12.8 Å². The Balaban J connectivity index is 1.47. The summed E-state index contributed by atoms with van der Waals surface area (Å²) in [6.45, 7) is 3.13. The zero-order chi connectivity index (χ0) is 15.2. The first-order chi connectivity index (χ1) is 10.8. The second-order valence-electron chi connectivity index (χ2n) is 6.47. The van der Waals surface area contributed by atoms with E-state index in [0.29, 0.717) is 18.4 Å². The van der Waals surface area contributed by atoms with E-state index in [1.165, 1.54) is 32.1 Å². The number of ether oxygens (including phenoxy) is 1. The average molecular weight is 306 g/mol. The number of anilines is 1. The Morgan fingerprint density at radius 3 is 2.91 bits per heavy atom. The lowest BCUT2D eigenvalue weighted by molar-refractivity contribution is 0.185. The number of hydrogen-bond donors (Lipinski definition) is 2. The number of aromatic nitrogens is 2. The van der Waals surface area contributed by atoms with Gasteiger partial charge < -0.3 is 10.1 Å². The molecule has 2 fully saturated rings. The average Bonchev–Trinajstić information content (AvgIpc) is 3.19. The van der Waals surface area contributed by atoms with E-state index in [-0.39, 0.29) is 6.03 Å². The van der Waals surface area contributed by atoms with E-state index in [2.05, 4.69) is 15.7 Å². The van der Waals surface area contributed by atoms with Gasteiger partial charge >= 0.3 is 6.03 Å². The van der Waals surface area contributed by atoms with Gasteiger partial charge in [-0.05, 0) is 25.2 Å². The molecule has 6 heteroatoms. The largest absolute Gasteiger partial charge is 0.381 e. The highest BCUT2D eigenvalue weighted by atomic mass is 16.5. The Labute approximate surface area is 131 Å². The van der Waals surface area contributed by atoms with Crippen molar-refractivity contribution in [2.75, 3.05) is 25.1 Å². The minimum absolute atomic E-state index is 0.155. The molecule has 1 saturated carbocycles. The molecule has 0 spiro atoms. The van der Waals surface area contributed by atoms with E-state index >= 15 is 0 Å². The van der Waals surface area contributed by atoms with Crippen molar-refractivity contribution in [3.05, 3.63) is 12.3 Å². The predicted molar refractivity (Wildman–Crippen MR) is 84.7 cm³/mol. The molecule has 6 nitrogen and oxygen atoms in total. The fourth-order valence-corrected chi connectivity index (χ4v) is 3.34. The maximum absolute atomic E-state index is 12.0. The maximum atomic E-state index is 12.0. The fraction of sp³-hybridized carbons (Fsp3) is 0.750. The summed E-state index contributed by atoms with van der Waals surface area (Å²) in [6.07, 6.45) is 9.31. The molecule has 2 heterocycles. The lowest BCUT2D eigenvalue weighted by Crippen LogP contribution is -2.34. The molecule has 0 aromatic carbocycles. The van der Waals surface area contributed by atoms with E-state index in [0.717, 1.165) is 32.0 Å². The Morgan fingerprint density at radius 2 is 2.14 bits per heavy atom. The van der Waals surface area contributed by atoms with Gasteiger partial charge in [-0.15, -0.1) is 0 Å². The molecule has 0 unspecified atom stereocenters. The fourth-order valence-electron chi connectivity index (χ4n) is 3.34. The van der Waals surface area contributed by atoms with Gasteiger partial charge in [0.15, 0.2) is 0 Å². The van der Waals surface area contributed by atoms with Crippen LogP contribution in [0.4, 0.5) is 10.6 Å². The number of nitrogens with zero attached hydrogens (tertiary/aromatic N) is 2. The Morgan fingerprint density at radius 1 is 1.27 bits per heavy atom. The summed E-state index contributed by atoms with van der Waals surface area (Å²) in [5.74, 6) is 1.91. The normalized spacial score (nSPS) is 22.6. The summed E-state index contributed by atoms with van der Waals surface area (Å²) < 4.78 is 7.24. The zero-order valence-corrected chi connectivity index (χ0v) is 13.1. The van der Waals surface area contributed by atoms with Gasteiger partial charge in [0.25, 0.3) is 0 Å². The van der Waals surface area contributed by atoms with Crippen LogP contribution in [0.25, 0.3) is 0 Å². The summed E-state index contributed by atoms with van der Waals surface area (Å²) in [6, 6.07) is 1.71. The molecule has 22 heavy (non-hydrogen) atoms. The van der Waals surface area contributed by atoms with Gasteiger partial charge in [-0.1, -0.05) is 19.3 Å². The van der Waals surface area contributed by atoms with Crippen LogP contribution in [0.5, 0.6) is 0 Å². The third-order valence-corrected chi connectivity index (χ3v) is 4.69. The number of nitrogens with one attached hydrogen (secondary N) is 2. The summed E-state index contributed by atoms with van der Waals surface area (Å²) in [5, 5.41) is 10.2. The van der Waals surface area contributed by atoms with Crippen LogP contribution >= 0.6 is 0 Å². The second kappa shape index (κ2) is 7.63. The van der Waals surface area contributed by atoms with Crippen LogP contribution < -0.4 is 10.6 Å². The smallest absolute Gasteiger partial charge is 0.320 e. The van der Waals surface area contributed by atoms with Crippen molar-refractivity contribution in [2.45, 2.75) is 45.1 Å². The molecule has 1 aliphatic heterocycles. The van der Waals surface area contributed by atoms with Crippen molar-refractivity contribution >= 4 is 11.8 Å². The van der Waals surface area contributed by atoms with Crippen molar-refractivity contribution in [3.8, 4) is 0 Å². The van der Waals surface area contributed by atoms with Crippen LogP contribution in [0, 0.1) is 11.8 Å². The monoisotopic (exact) mass is 306 g/mol. The molecule has 1 atom stereocenters. The first kappa shape index (κ1) is 15.3. The third kappa shape index (κ3) is 4.22. The van der Waals surface area contributed by atoms with Crippen LogP contribution in [0.2, 0.25) is 0 Å². The molecule has 2 amide bonds. The van der Waals surface area contributed by atoms with Gasteiger partial charge in [0.1, 0.15) is 5.82 Å². The maximum Gasteiger partial charge on any atom is 0.320 e. The highest BCUT2D eigenvalue weighted by molar-refractivity contribution is 5.88. The minimum Gasteiger partial charge on any atom is -0.381 e. The molecular formula is C16H26N4O2. The number of urea groups is 1. The Hall–Kier alpha value is -1.56. The first-order valence-electron chi connectivity index (χ1n) is 8.45. The summed E-state index contributed by atoms with van der Waals surface area (Å²) >= 11 is 0. The van der Waals surface area contributed by atoms with Crippen molar-refractivity contribution in [1.82, 2.24) is 15.1 Å². The molecule has 1 aromatic rings. The number of carbonyl (C=O) groups is 1.